The molecule has 104 valence electrons. The molecule has 0 amide bonds. The number of aliphatic imine (C=N–C) groups is 1. The summed E-state index contributed by atoms with van der Waals surface area (Å²) >= 11 is 0. The SMILES string of the molecule is O=C1OC(Cc2ccccc2)=N/C1=C/c1ccccc1O. The second kappa shape index (κ2) is 5.63. The summed E-state index contributed by atoms with van der Waals surface area (Å²) < 4.78 is 5.15. The first-order chi connectivity index (χ1) is 10.2. The van der Waals surface area contributed by atoms with Crippen molar-refractivity contribution in [3.63, 3.8) is 0 Å². The molecule has 0 saturated heterocycles. The van der Waals surface area contributed by atoms with E-state index in [2.05, 4.69) is 4.99 Å². The monoisotopic (exact) mass is 279 g/mol. The molecule has 0 aromatic heterocycles. The summed E-state index contributed by atoms with van der Waals surface area (Å²) in [5, 5.41) is 9.71. The number of ether oxygens (including phenoxy) is 1. The van der Waals surface area contributed by atoms with Gasteiger partial charge >= 0.3 is 5.97 Å². The molecule has 21 heavy (non-hydrogen) atoms. The molecule has 0 radical (unpaired) electrons. The largest absolute Gasteiger partial charge is 0.507 e. The van der Waals surface area contributed by atoms with Crippen LogP contribution in [-0.4, -0.2) is 17.0 Å². The Hall–Kier alpha value is -2.88. The first-order valence-electron chi connectivity index (χ1n) is 6.56. The van der Waals surface area contributed by atoms with Crippen LogP contribution in [0.2, 0.25) is 0 Å². The number of hydrogen-bond donors (Lipinski definition) is 1. The van der Waals surface area contributed by atoms with Crippen LogP contribution in [0.5, 0.6) is 5.75 Å². The Morgan fingerprint density at radius 3 is 2.52 bits per heavy atom. The predicted molar refractivity (Wildman–Crippen MR) is 79.8 cm³/mol. The van der Waals surface area contributed by atoms with Gasteiger partial charge in [0.2, 0.25) is 5.90 Å². The van der Waals surface area contributed by atoms with Gasteiger partial charge in [0, 0.05) is 12.0 Å². The highest BCUT2D eigenvalue weighted by Crippen LogP contribution is 2.22. The van der Waals surface area contributed by atoms with Crippen LogP contribution in [0.4, 0.5) is 0 Å². The van der Waals surface area contributed by atoms with Crippen LogP contribution in [0.15, 0.2) is 65.3 Å². The number of phenols is 1. The molecule has 0 bridgehead atoms. The molecule has 3 rings (SSSR count). The summed E-state index contributed by atoms with van der Waals surface area (Å²) in [5.74, 6) is -0.0263. The molecule has 0 unspecified atom stereocenters. The Labute approximate surface area is 122 Å². The first-order valence-corrected chi connectivity index (χ1v) is 6.56. The molecule has 1 aliphatic rings. The molecule has 2 aromatic rings. The lowest BCUT2D eigenvalue weighted by Crippen LogP contribution is -2.06. The minimum absolute atomic E-state index is 0.101. The maximum atomic E-state index is 11.8. The summed E-state index contributed by atoms with van der Waals surface area (Å²) in [5.41, 5.74) is 1.75. The van der Waals surface area contributed by atoms with E-state index in [-0.39, 0.29) is 11.4 Å². The Balaban J connectivity index is 1.84. The smallest absolute Gasteiger partial charge is 0.363 e. The van der Waals surface area contributed by atoms with Gasteiger partial charge in [-0.15, -0.1) is 0 Å². The van der Waals surface area contributed by atoms with E-state index in [9.17, 15) is 9.90 Å². The highest BCUT2D eigenvalue weighted by Gasteiger charge is 2.23. The van der Waals surface area contributed by atoms with Gasteiger partial charge in [0.15, 0.2) is 5.70 Å². The Morgan fingerprint density at radius 1 is 1.05 bits per heavy atom. The van der Waals surface area contributed by atoms with E-state index in [1.807, 2.05) is 30.3 Å². The molecular weight excluding hydrogens is 266 g/mol. The zero-order valence-corrected chi connectivity index (χ0v) is 11.2. The summed E-state index contributed by atoms with van der Waals surface area (Å²) in [6.07, 6.45) is 1.99. The summed E-state index contributed by atoms with van der Waals surface area (Å²) in [6.45, 7) is 0. The van der Waals surface area contributed by atoms with Gasteiger partial charge in [-0.1, -0.05) is 48.5 Å². The lowest BCUT2D eigenvalue weighted by molar-refractivity contribution is -0.130. The molecule has 0 fully saturated rings. The second-order valence-corrected chi connectivity index (χ2v) is 4.65. The second-order valence-electron chi connectivity index (χ2n) is 4.65. The van der Waals surface area contributed by atoms with Gasteiger partial charge in [0.25, 0.3) is 0 Å². The Kier molecular flexibility index (Phi) is 3.51. The van der Waals surface area contributed by atoms with Gasteiger partial charge in [0.05, 0.1) is 0 Å². The van der Waals surface area contributed by atoms with E-state index in [0.717, 1.165) is 5.56 Å². The van der Waals surface area contributed by atoms with Crippen molar-refractivity contribution in [3.05, 3.63) is 71.4 Å². The number of cyclic esters (lactones) is 1. The van der Waals surface area contributed by atoms with Gasteiger partial charge in [-0.25, -0.2) is 9.79 Å². The van der Waals surface area contributed by atoms with Crippen molar-refractivity contribution in [1.29, 1.82) is 0 Å². The number of rotatable bonds is 3. The quantitative estimate of drug-likeness (QED) is 0.694. The lowest BCUT2D eigenvalue weighted by atomic mass is 10.1. The van der Waals surface area contributed by atoms with Crippen molar-refractivity contribution >= 4 is 17.9 Å². The lowest BCUT2D eigenvalue weighted by Gasteiger charge is -1.98. The number of carbonyl (C=O) groups excluding carboxylic acids is 1. The molecule has 4 heteroatoms. The molecule has 1 N–H and O–H groups in total. The van der Waals surface area contributed by atoms with Crippen molar-refractivity contribution in [2.24, 2.45) is 4.99 Å². The van der Waals surface area contributed by atoms with E-state index in [0.29, 0.717) is 17.9 Å². The summed E-state index contributed by atoms with van der Waals surface area (Å²) in [7, 11) is 0. The molecule has 1 aliphatic heterocycles. The van der Waals surface area contributed by atoms with E-state index >= 15 is 0 Å². The fourth-order valence-electron chi connectivity index (χ4n) is 2.06. The number of esters is 1. The molecule has 0 spiro atoms. The third-order valence-electron chi connectivity index (χ3n) is 3.09. The number of carbonyl (C=O) groups is 1. The molecule has 0 atom stereocenters. The number of para-hydroxylation sites is 1. The van der Waals surface area contributed by atoms with Crippen molar-refractivity contribution in [2.45, 2.75) is 6.42 Å². The van der Waals surface area contributed by atoms with Crippen LogP contribution in [0.25, 0.3) is 6.08 Å². The molecule has 1 heterocycles. The number of nitrogens with zero attached hydrogens (tertiary/aromatic N) is 1. The van der Waals surface area contributed by atoms with Gasteiger partial charge in [0.1, 0.15) is 5.75 Å². The fraction of sp³-hybridized carbons (Fsp3) is 0.0588. The van der Waals surface area contributed by atoms with E-state index in [1.54, 1.807) is 24.3 Å². The molecule has 4 nitrogen and oxygen atoms in total. The number of phenolic OH excluding ortho intramolecular Hbond substituents is 1. The molecule has 0 saturated carbocycles. The third-order valence-corrected chi connectivity index (χ3v) is 3.09. The maximum Gasteiger partial charge on any atom is 0.363 e. The molecule has 0 aliphatic carbocycles. The van der Waals surface area contributed by atoms with E-state index < -0.39 is 5.97 Å². The Bertz CT molecular complexity index is 733. The zero-order valence-electron chi connectivity index (χ0n) is 11.2. The third kappa shape index (κ3) is 3.00. The zero-order chi connectivity index (χ0) is 14.7. The number of aromatic hydroxyl groups is 1. The average Bonchev–Trinajstić information content (AvgIpc) is 2.82. The molecule has 2 aromatic carbocycles. The molecular formula is C17H13NO3. The van der Waals surface area contributed by atoms with Crippen molar-refractivity contribution in [3.8, 4) is 5.75 Å². The van der Waals surface area contributed by atoms with Crippen molar-refractivity contribution < 1.29 is 14.6 Å². The fourth-order valence-corrected chi connectivity index (χ4v) is 2.06. The maximum absolute atomic E-state index is 11.8. The van der Waals surface area contributed by atoms with Gasteiger partial charge in [-0.05, 0) is 17.7 Å². The summed E-state index contributed by atoms with van der Waals surface area (Å²) in [4.78, 5) is 16.0. The van der Waals surface area contributed by atoms with Crippen LogP contribution in [0.1, 0.15) is 11.1 Å². The summed E-state index contributed by atoms with van der Waals surface area (Å²) in [6, 6.07) is 16.4. The van der Waals surface area contributed by atoms with Crippen LogP contribution in [0, 0.1) is 0 Å². The minimum atomic E-state index is -0.496. The van der Waals surface area contributed by atoms with Crippen molar-refractivity contribution in [1.82, 2.24) is 0 Å². The topological polar surface area (TPSA) is 58.9 Å². The number of benzene rings is 2. The average molecular weight is 279 g/mol. The van der Waals surface area contributed by atoms with Crippen LogP contribution >= 0.6 is 0 Å². The first kappa shape index (κ1) is 13.1. The van der Waals surface area contributed by atoms with Crippen LogP contribution in [-0.2, 0) is 16.0 Å². The van der Waals surface area contributed by atoms with Gasteiger partial charge in [-0.3, -0.25) is 0 Å². The highest BCUT2D eigenvalue weighted by atomic mass is 16.6. The van der Waals surface area contributed by atoms with E-state index in [1.165, 1.54) is 6.08 Å². The highest BCUT2D eigenvalue weighted by molar-refractivity contribution is 6.07. The van der Waals surface area contributed by atoms with Crippen LogP contribution in [0.3, 0.4) is 0 Å². The predicted octanol–water partition coefficient (Wildman–Crippen LogP) is 2.93. The van der Waals surface area contributed by atoms with Crippen molar-refractivity contribution in [2.75, 3.05) is 0 Å². The van der Waals surface area contributed by atoms with Crippen LogP contribution < -0.4 is 0 Å². The standard InChI is InChI=1S/C17H13NO3/c19-15-9-5-4-8-13(15)11-14-17(20)21-16(18-14)10-12-6-2-1-3-7-12/h1-9,11,19H,10H2/b14-11+. The van der Waals surface area contributed by atoms with Gasteiger partial charge < -0.3 is 9.84 Å². The normalized spacial score (nSPS) is 15.9. The minimum Gasteiger partial charge on any atom is -0.507 e. The Morgan fingerprint density at radius 2 is 1.76 bits per heavy atom. The van der Waals surface area contributed by atoms with E-state index in [4.69, 9.17) is 4.74 Å². The van der Waals surface area contributed by atoms with Gasteiger partial charge in [-0.2, -0.15) is 0 Å². The number of hydrogen-bond acceptors (Lipinski definition) is 4.